The zero-order valence-corrected chi connectivity index (χ0v) is 12.5. The van der Waals surface area contributed by atoms with Crippen LogP contribution in [0.5, 0.6) is 0 Å². The van der Waals surface area contributed by atoms with Crippen LogP contribution in [0.1, 0.15) is 17.5 Å². The van der Waals surface area contributed by atoms with Gasteiger partial charge in [-0.15, -0.1) is 0 Å². The van der Waals surface area contributed by atoms with E-state index < -0.39 is 0 Å². The normalized spacial score (nSPS) is 10.0. The second-order valence-electron chi connectivity index (χ2n) is 5.06. The number of carbonyl (C=O) groups excluding carboxylic acids is 2. The Labute approximate surface area is 130 Å². The molecule has 0 spiro atoms. The Kier molecular flexibility index (Phi) is 5.72. The van der Waals surface area contributed by atoms with Crippen molar-refractivity contribution in [2.75, 3.05) is 11.9 Å². The third-order valence-electron chi connectivity index (χ3n) is 3.16. The minimum atomic E-state index is -0.372. The van der Waals surface area contributed by atoms with Crippen LogP contribution in [0.15, 0.2) is 54.6 Å². The fourth-order valence-electron chi connectivity index (χ4n) is 1.94. The first-order chi connectivity index (χ1) is 10.6. The van der Waals surface area contributed by atoms with Crippen molar-refractivity contribution in [3.05, 3.63) is 65.7 Å². The molecule has 1 amide bonds. The van der Waals surface area contributed by atoms with Crippen molar-refractivity contribution in [1.82, 2.24) is 0 Å². The Morgan fingerprint density at radius 1 is 1.00 bits per heavy atom. The second-order valence-corrected chi connectivity index (χ2v) is 5.06. The van der Waals surface area contributed by atoms with E-state index >= 15 is 0 Å². The molecule has 0 aliphatic heterocycles. The first kappa shape index (κ1) is 15.8. The summed E-state index contributed by atoms with van der Waals surface area (Å²) in [7, 11) is 0. The molecule has 4 heteroatoms. The molecule has 22 heavy (non-hydrogen) atoms. The molecule has 0 unspecified atom stereocenters. The highest BCUT2D eigenvalue weighted by Crippen LogP contribution is 2.08. The zero-order chi connectivity index (χ0) is 15.8. The highest BCUT2D eigenvalue weighted by Gasteiger charge is 2.08. The maximum atomic E-state index is 11.7. The van der Waals surface area contributed by atoms with Crippen molar-refractivity contribution in [3.63, 3.8) is 0 Å². The van der Waals surface area contributed by atoms with Gasteiger partial charge in [0, 0.05) is 12.1 Å². The molecule has 0 heterocycles. The average molecular weight is 297 g/mol. The molecule has 0 fully saturated rings. The number of anilines is 1. The molecular formula is C18H19NO3. The molecule has 0 aliphatic rings. The van der Waals surface area contributed by atoms with Gasteiger partial charge in [-0.3, -0.25) is 9.59 Å². The van der Waals surface area contributed by atoms with Gasteiger partial charge >= 0.3 is 5.97 Å². The molecule has 0 radical (unpaired) electrons. The topological polar surface area (TPSA) is 55.4 Å². The molecule has 0 saturated heterocycles. The summed E-state index contributed by atoms with van der Waals surface area (Å²) in [6.45, 7) is 1.71. The molecular weight excluding hydrogens is 278 g/mol. The second kappa shape index (κ2) is 7.98. The highest BCUT2D eigenvalue weighted by atomic mass is 16.5. The first-order valence-corrected chi connectivity index (χ1v) is 7.19. The SMILES string of the molecule is Cc1ccc(NC(=O)COC(=O)CCc2ccccc2)cc1. The largest absolute Gasteiger partial charge is 0.456 e. The summed E-state index contributed by atoms with van der Waals surface area (Å²) in [5, 5.41) is 2.68. The molecule has 0 bridgehead atoms. The van der Waals surface area contributed by atoms with E-state index in [9.17, 15) is 9.59 Å². The highest BCUT2D eigenvalue weighted by molar-refractivity contribution is 5.92. The Bertz CT molecular complexity index is 621. The van der Waals surface area contributed by atoms with Crippen LogP contribution in [0.2, 0.25) is 0 Å². The van der Waals surface area contributed by atoms with Crippen molar-refractivity contribution in [1.29, 1.82) is 0 Å². The number of hydrogen-bond acceptors (Lipinski definition) is 3. The van der Waals surface area contributed by atoms with E-state index in [2.05, 4.69) is 5.32 Å². The van der Waals surface area contributed by atoms with Gasteiger partial charge in [-0.1, -0.05) is 48.0 Å². The first-order valence-electron chi connectivity index (χ1n) is 7.19. The summed E-state index contributed by atoms with van der Waals surface area (Å²) in [4.78, 5) is 23.3. The Hall–Kier alpha value is -2.62. The molecule has 0 aliphatic carbocycles. The van der Waals surface area contributed by atoms with E-state index in [1.54, 1.807) is 0 Å². The summed E-state index contributed by atoms with van der Waals surface area (Å²) >= 11 is 0. The lowest BCUT2D eigenvalue weighted by Gasteiger charge is -2.07. The summed E-state index contributed by atoms with van der Waals surface area (Å²) in [5.41, 5.74) is 2.88. The average Bonchev–Trinajstić information content (AvgIpc) is 2.54. The molecule has 0 atom stereocenters. The van der Waals surface area contributed by atoms with Gasteiger partial charge in [0.2, 0.25) is 0 Å². The number of aryl methyl sites for hydroxylation is 2. The van der Waals surface area contributed by atoms with Crippen LogP contribution in [0.25, 0.3) is 0 Å². The van der Waals surface area contributed by atoms with Gasteiger partial charge in [-0.05, 0) is 31.0 Å². The van der Waals surface area contributed by atoms with Crippen LogP contribution in [-0.4, -0.2) is 18.5 Å². The quantitative estimate of drug-likeness (QED) is 0.834. The van der Waals surface area contributed by atoms with Gasteiger partial charge < -0.3 is 10.1 Å². The van der Waals surface area contributed by atoms with Crippen molar-refractivity contribution < 1.29 is 14.3 Å². The smallest absolute Gasteiger partial charge is 0.306 e. The predicted molar refractivity (Wildman–Crippen MR) is 85.5 cm³/mol. The number of benzene rings is 2. The molecule has 2 rings (SSSR count). The van der Waals surface area contributed by atoms with Gasteiger partial charge in [0.05, 0.1) is 0 Å². The van der Waals surface area contributed by atoms with E-state index in [4.69, 9.17) is 4.74 Å². The van der Waals surface area contributed by atoms with Crippen molar-refractivity contribution in [2.45, 2.75) is 19.8 Å². The van der Waals surface area contributed by atoms with Crippen LogP contribution >= 0.6 is 0 Å². The minimum Gasteiger partial charge on any atom is -0.456 e. The molecule has 4 nitrogen and oxygen atoms in total. The maximum absolute atomic E-state index is 11.7. The third-order valence-corrected chi connectivity index (χ3v) is 3.16. The summed E-state index contributed by atoms with van der Waals surface area (Å²) in [6, 6.07) is 17.1. The number of esters is 1. The number of amides is 1. The number of rotatable bonds is 6. The van der Waals surface area contributed by atoms with E-state index in [0.29, 0.717) is 12.1 Å². The Morgan fingerprint density at radius 2 is 1.68 bits per heavy atom. The monoisotopic (exact) mass is 297 g/mol. The summed E-state index contributed by atoms with van der Waals surface area (Å²) < 4.78 is 4.97. The van der Waals surface area contributed by atoms with Gasteiger partial charge in [0.1, 0.15) is 0 Å². The molecule has 114 valence electrons. The van der Waals surface area contributed by atoms with E-state index in [0.717, 1.165) is 11.1 Å². The molecule has 2 aromatic rings. The number of nitrogens with one attached hydrogen (secondary N) is 1. The van der Waals surface area contributed by atoms with Crippen LogP contribution < -0.4 is 5.32 Å². The Balaban J connectivity index is 1.69. The standard InChI is InChI=1S/C18H19NO3/c1-14-7-10-16(11-8-14)19-17(20)13-22-18(21)12-9-15-5-3-2-4-6-15/h2-8,10-11H,9,12-13H2,1H3,(H,19,20). The van der Waals surface area contributed by atoms with Crippen LogP contribution in [0.4, 0.5) is 5.69 Å². The molecule has 0 aromatic heterocycles. The lowest BCUT2D eigenvalue weighted by molar-refractivity contribution is -0.147. The van der Waals surface area contributed by atoms with Crippen LogP contribution in [0, 0.1) is 6.92 Å². The van der Waals surface area contributed by atoms with E-state index in [1.807, 2.05) is 61.5 Å². The van der Waals surface area contributed by atoms with Gasteiger partial charge in [0.15, 0.2) is 6.61 Å². The third kappa shape index (κ3) is 5.40. The van der Waals surface area contributed by atoms with Crippen LogP contribution in [-0.2, 0) is 20.7 Å². The van der Waals surface area contributed by atoms with Crippen molar-refractivity contribution >= 4 is 17.6 Å². The fraction of sp³-hybridized carbons (Fsp3) is 0.222. The zero-order valence-electron chi connectivity index (χ0n) is 12.5. The Morgan fingerprint density at radius 3 is 2.36 bits per heavy atom. The van der Waals surface area contributed by atoms with Crippen molar-refractivity contribution in [2.24, 2.45) is 0 Å². The lowest BCUT2D eigenvalue weighted by Crippen LogP contribution is -2.21. The summed E-state index contributed by atoms with van der Waals surface area (Å²) in [5.74, 6) is -0.708. The molecule has 2 aromatic carbocycles. The molecule has 1 N–H and O–H groups in total. The van der Waals surface area contributed by atoms with Crippen LogP contribution in [0.3, 0.4) is 0 Å². The number of carbonyl (C=O) groups is 2. The maximum Gasteiger partial charge on any atom is 0.306 e. The minimum absolute atomic E-state index is 0.262. The lowest BCUT2D eigenvalue weighted by atomic mass is 10.1. The van der Waals surface area contributed by atoms with Gasteiger partial charge in [-0.2, -0.15) is 0 Å². The van der Waals surface area contributed by atoms with Gasteiger partial charge in [-0.25, -0.2) is 0 Å². The number of ether oxygens (including phenoxy) is 1. The van der Waals surface area contributed by atoms with E-state index in [1.165, 1.54) is 0 Å². The predicted octanol–water partition coefficient (Wildman–Crippen LogP) is 3.11. The molecule has 0 saturated carbocycles. The van der Waals surface area contributed by atoms with E-state index in [-0.39, 0.29) is 24.9 Å². The fourth-order valence-corrected chi connectivity index (χ4v) is 1.94. The van der Waals surface area contributed by atoms with Gasteiger partial charge in [0.25, 0.3) is 5.91 Å². The number of hydrogen-bond donors (Lipinski definition) is 1. The van der Waals surface area contributed by atoms with Crippen molar-refractivity contribution in [3.8, 4) is 0 Å². The summed E-state index contributed by atoms with van der Waals surface area (Å²) in [6.07, 6.45) is 0.876.